The summed E-state index contributed by atoms with van der Waals surface area (Å²) in [5, 5.41) is 0.584. The molecule has 0 aliphatic heterocycles. The molecule has 2 N–H and O–H groups in total. The van der Waals surface area contributed by atoms with E-state index in [0.29, 0.717) is 11.0 Å². The summed E-state index contributed by atoms with van der Waals surface area (Å²) >= 11 is 6.88. The Kier molecular flexibility index (Phi) is 3.93. The summed E-state index contributed by atoms with van der Waals surface area (Å²) in [6.45, 7) is 0. The van der Waals surface area contributed by atoms with Gasteiger partial charge in [0.2, 0.25) is 0 Å². The van der Waals surface area contributed by atoms with Crippen LogP contribution in [0.25, 0.3) is 0 Å². The highest BCUT2D eigenvalue weighted by molar-refractivity contribution is 7.15. The van der Waals surface area contributed by atoms with Crippen LogP contribution in [0.15, 0.2) is 6.20 Å². The second kappa shape index (κ2) is 3.93. The van der Waals surface area contributed by atoms with E-state index in [-0.39, 0.29) is 12.4 Å². The highest BCUT2D eigenvalue weighted by Crippen LogP contribution is 2.15. The molecular formula is C4H6Cl2N2S. The Morgan fingerprint density at radius 1 is 1.78 bits per heavy atom. The lowest BCUT2D eigenvalue weighted by Gasteiger charge is -1.76. The van der Waals surface area contributed by atoms with E-state index < -0.39 is 0 Å². The molecule has 1 aromatic heterocycles. The molecule has 52 valence electrons. The number of nitrogens with two attached hydrogens (primary N) is 1. The van der Waals surface area contributed by atoms with Gasteiger partial charge in [-0.25, -0.2) is 4.98 Å². The number of alkyl halides is 1. The van der Waals surface area contributed by atoms with Crippen molar-refractivity contribution in [1.29, 1.82) is 0 Å². The molecule has 1 heterocycles. The van der Waals surface area contributed by atoms with Gasteiger partial charge in [0.05, 0.1) is 5.88 Å². The molecule has 0 saturated heterocycles. The summed E-state index contributed by atoms with van der Waals surface area (Å²) in [7, 11) is 0. The molecule has 0 saturated carbocycles. The minimum absolute atomic E-state index is 0. The fourth-order valence-electron chi connectivity index (χ4n) is 0.384. The number of aromatic nitrogens is 1. The first kappa shape index (κ1) is 9.01. The number of nitrogen functional groups attached to an aromatic ring is 1. The Balaban J connectivity index is 0.000000640. The molecule has 0 fully saturated rings. The van der Waals surface area contributed by atoms with Gasteiger partial charge < -0.3 is 5.73 Å². The third-order valence-corrected chi connectivity index (χ3v) is 1.98. The minimum Gasteiger partial charge on any atom is -0.375 e. The summed E-state index contributed by atoms with van der Waals surface area (Å²) in [5.41, 5.74) is 5.30. The number of hydrogen-bond acceptors (Lipinski definition) is 3. The van der Waals surface area contributed by atoms with Gasteiger partial charge in [0.1, 0.15) is 0 Å². The Hall–Kier alpha value is 0.01000. The van der Waals surface area contributed by atoms with Gasteiger partial charge in [-0.05, 0) is 0 Å². The molecule has 5 heteroatoms. The topological polar surface area (TPSA) is 38.9 Å². The average molecular weight is 185 g/mol. The van der Waals surface area contributed by atoms with E-state index in [2.05, 4.69) is 4.98 Å². The van der Waals surface area contributed by atoms with Crippen LogP contribution in [0, 0.1) is 0 Å². The summed E-state index contributed by atoms with van der Waals surface area (Å²) in [4.78, 5) is 4.82. The molecule has 0 unspecified atom stereocenters. The maximum absolute atomic E-state index is 5.46. The predicted molar refractivity (Wildman–Crippen MR) is 43.3 cm³/mol. The van der Waals surface area contributed by atoms with Crippen LogP contribution < -0.4 is 5.73 Å². The molecule has 1 rings (SSSR count). The highest BCUT2D eigenvalue weighted by Gasteiger charge is 1.93. The quantitative estimate of drug-likeness (QED) is 0.678. The first-order valence-electron chi connectivity index (χ1n) is 2.09. The van der Waals surface area contributed by atoms with Crippen LogP contribution in [0.2, 0.25) is 0 Å². The van der Waals surface area contributed by atoms with Gasteiger partial charge in [0.15, 0.2) is 5.13 Å². The van der Waals surface area contributed by atoms with Gasteiger partial charge in [-0.2, -0.15) is 0 Å². The molecule has 0 bridgehead atoms. The van der Waals surface area contributed by atoms with Crippen molar-refractivity contribution < 1.29 is 0 Å². The van der Waals surface area contributed by atoms with E-state index in [0.717, 1.165) is 4.88 Å². The van der Waals surface area contributed by atoms with E-state index in [4.69, 9.17) is 17.3 Å². The molecule has 0 aromatic carbocycles. The lowest BCUT2D eigenvalue weighted by molar-refractivity contribution is 1.37. The minimum atomic E-state index is 0. The maximum Gasteiger partial charge on any atom is 0.180 e. The van der Waals surface area contributed by atoms with Crippen molar-refractivity contribution in [3.05, 3.63) is 11.1 Å². The van der Waals surface area contributed by atoms with Crippen LogP contribution >= 0.6 is 35.3 Å². The molecule has 0 aliphatic rings. The van der Waals surface area contributed by atoms with E-state index >= 15 is 0 Å². The van der Waals surface area contributed by atoms with Gasteiger partial charge in [0.25, 0.3) is 0 Å². The predicted octanol–water partition coefficient (Wildman–Crippen LogP) is 1.89. The van der Waals surface area contributed by atoms with Crippen LogP contribution in [0.5, 0.6) is 0 Å². The normalized spacial score (nSPS) is 8.56. The van der Waals surface area contributed by atoms with Crippen molar-refractivity contribution in [1.82, 2.24) is 4.98 Å². The molecule has 0 spiro atoms. The molecule has 0 aliphatic carbocycles. The van der Waals surface area contributed by atoms with E-state index in [1.54, 1.807) is 6.20 Å². The summed E-state index contributed by atoms with van der Waals surface area (Å²) in [5.74, 6) is 0.509. The Morgan fingerprint density at radius 3 is 2.67 bits per heavy atom. The third-order valence-electron chi connectivity index (χ3n) is 0.703. The molecule has 0 radical (unpaired) electrons. The van der Waals surface area contributed by atoms with Crippen molar-refractivity contribution in [3.8, 4) is 0 Å². The third kappa shape index (κ3) is 2.39. The van der Waals surface area contributed by atoms with E-state index in [1.807, 2.05) is 0 Å². The number of thiazole rings is 1. The zero-order valence-corrected chi connectivity index (χ0v) is 6.89. The van der Waals surface area contributed by atoms with E-state index in [9.17, 15) is 0 Å². The Morgan fingerprint density at radius 2 is 2.44 bits per heavy atom. The molecule has 0 amide bonds. The van der Waals surface area contributed by atoms with Crippen molar-refractivity contribution in [2.24, 2.45) is 0 Å². The molecule has 0 atom stereocenters. The summed E-state index contributed by atoms with van der Waals surface area (Å²) in [6.07, 6.45) is 1.69. The van der Waals surface area contributed by atoms with Gasteiger partial charge in [-0.3, -0.25) is 0 Å². The molecule has 2 nitrogen and oxygen atoms in total. The molecule has 1 aromatic rings. The van der Waals surface area contributed by atoms with Gasteiger partial charge in [-0.1, -0.05) is 0 Å². The van der Waals surface area contributed by atoms with Crippen LogP contribution in [0.1, 0.15) is 4.88 Å². The average Bonchev–Trinajstić information content (AvgIpc) is 2.14. The monoisotopic (exact) mass is 184 g/mol. The largest absolute Gasteiger partial charge is 0.375 e. The maximum atomic E-state index is 5.46. The second-order valence-corrected chi connectivity index (χ2v) is 2.71. The smallest absolute Gasteiger partial charge is 0.180 e. The SMILES string of the molecule is Cl.Nc1ncc(CCl)s1. The number of anilines is 1. The Labute approximate surface area is 68.5 Å². The fraction of sp³-hybridized carbons (Fsp3) is 0.250. The number of rotatable bonds is 1. The summed E-state index contributed by atoms with van der Waals surface area (Å²) < 4.78 is 0. The van der Waals surface area contributed by atoms with Gasteiger partial charge in [-0.15, -0.1) is 35.3 Å². The first-order chi connectivity index (χ1) is 3.83. The second-order valence-electron chi connectivity index (χ2n) is 1.30. The van der Waals surface area contributed by atoms with Crippen LogP contribution in [0.4, 0.5) is 5.13 Å². The fourth-order valence-corrected chi connectivity index (χ4v) is 1.15. The molecule has 9 heavy (non-hydrogen) atoms. The van der Waals surface area contributed by atoms with E-state index in [1.165, 1.54) is 11.3 Å². The first-order valence-corrected chi connectivity index (χ1v) is 3.44. The zero-order chi connectivity index (χ0) is 5.98. The number of halogens is 2. The van der Waals surface area contributed by atoms with Gasteiger partial charge in [0, 0.05) is 11.1 Å². The van der Waals surface area contributed by atoms with Crippen LogP contribution in [-0.4, -0.2) is 4.98 Å². The number of nitrogens with zero attached hydrogens (tertiary/aromatic N) is 1. The highest BCUT2D eigenvalue weighted by atomic mass is 35.5. The van der Waals surface area contributed by atoms with Crippen molar-refractivity contribution in [3.63, 3.8) is 0 Å². The van der Waals surface area contributed by atoms with Crippen LogP contribution in [0.3, 0.4) is 0 Å². The lowest BCUT2D eigenvalue weighted by Crippen LogP contribution is -1.77. The van der Waals surface area contributed by atoms with Gasteiger partial charge >= 0.3 is 0 Å². The van der Waals surface area contributed by atoms with Crippen molar-refractivity contribution in [2.45, 2.75) is 5.88 Å². The lowest BCUT2D eigenvalue weighted by atomic mass is 10.6. The van der Waals surface area contributed by atoms with Crippen molar-refractivity contribution in [2.75, 3.05) is 5.73 Å². The molecular weight excluding hydrogens is 179 g/mol. The zero-order valence-electron chi connectivity index (χ0n) is 4.50. The van der Waals surface area contributed by atoms with Crippen LogP contribution in [-0.2, 0) is 5.88 Å². The standard InChI is InChI=1S/C4H5ClN2S.ClH/c5-1-3-2-7-4(6)8-3;/h2H,1H2,(H2,6,7);1H. The van der Waals surface area contributed by atoms with Crippen molar-refractivity contribution >= 4 is 40.5 Å². The number of hydrogen-bond donors (Lipinski definition) is 1. The summed E-state index contributed by atoms with van der Waals surface area (Å²) in [6, 6.07) is 0. The Bertz CT molecular complexity index is 177.